The molecule has 2 saturated heterocycles. The Labute approximate surface area is 160 Å². The van der Waals surface area contributed by atoms with E-state index in [2.05, 4.69) is 27.2 Å². The Hall–Kier alpha value is -2.28. The first-order valence-electron chi connectivity index (χ1n) is 9.84. The molecule has 0 saturated carbocycles. The number of benzene rings is 1. The molecular weight excluding hydrogens is 344 g/mol. The summed E-state index contributed by atoms with van der Waals surface area (Å²) < 4.78 is 0. The number of nitrogens with zero attached hydrogens (tertiary/aromatic N) is 3. The number of likely N-dealkylation sites (tertiary alicyclic amines) is 1. The van der Waals surface area contributed by atoms with E-state index in [4.69, 9.17) is 5.11 Å². The summed E-state index contributed by atoms with van der Waals surface area (Å²) in [6, 6.07) is 8.04. The summed E-state index contributed by atoms with van der Waals surface area (Å²) in [6.07, 6.45) is 2.37. The van der Waals surface area contributed by atoms with Crippen LogP contribution in [-0.4, -0.2) is 72.7 Å². The number of amides is 2. The second-order valence-electron chi connectivity index (χ2n) is 7.56. The van der Waals surface area contributed by atoms with Gasteiger partial charge in [-0.05, 0) is 56.0 Å². The number of anilines is 2. The predicted octanol–water partition coefficient (Wildman–Crippen LogP) is 2.55. The van der Waals surface area contributed by atoms with Crippen LogP contribution in [0.4, 0.5) is 16.2 Å². The number of rotatable bonds is 5. The van der Waals surface area contributed by atoms with Crippen LogP contribution in [-0.2, 0) is 4.79 Å². The maximum absolute atomic E-state index is 11.1. The predicted molar refractivity (Wildman–Crippen MR) is 106 cm³/mol. The number of hydrogen-bond donors (Lipinski definition) is 2. The van der Waals surface area contributed by atoms with E-state index in [0.717, 1.165) is 51.3 Å². The van der Waals surface area contributed by atoms with E-state index in [1.165, 1.54) is 23.9 Å². The number of nitrogens with one attached hydrogen (secondary N) is 1. The van der Waals surface area contributed by atoms with Gasteiger partial charge in [-0.2, -0.15) is 0 Å². The highest BCUT2D eigenvalue weighted by molar-refractivity contribution is 5.88. The lowest BCUT2D eigenvalue weighted by molar-refractivity contribution is -0.114. The van der Waals surface area contributed by atoms with E-state index in [1.807, 2.05) is 12.1 Å². The molecule has 0 aromatic heterocycles. The summed E-state index contributed by atoms with van der Waals surface area (Å²) in [5.74, 6) is 0.602. The zero-order valence-electron chi connectivity index (χ0n) is 16.1. The van der Waals surface area contributed by atoms with Gasteiger partial charge in [0.2, 0.25) is 5.91 Å². The summed E-state index contributed by atoms with van der Waals surface area (Å²) in [4.78, 5) is 28.5. The lowest BCUT2D eigenvalue weighted by atomic mass is 9.93. The molecule has 1 aromatic carbocycles. The van der Waals surface area contributed by atoms with Gasteiger partial charge in [0, 0.05) is 57.6 Å². The van der Waals surface area contributed by atoms with Crippen molar-refractivity contribution < 1.29 is 14.7 Å². The second kappa shape index (κ2) is 9.08. The standard InChI is InChI=1S/C20H30N4O3/c1-16(25)21-18-2-4-19(5-3-18)23-14-12-22(13-15-23)9-6-17-7-10-24(11-8-17)20(26)27/h2-5,17H,6-15H2,1H3,(H,21,25)(H,26,27). The highest BCUT2D eigenvalue weighted by atomic mass is 16.4. The van der Waals surface area contributed by atoms with Crippen molar-refractivity contribution in [2.24, 2.45) is 5.92 Å². The minimum absolute atomic E-state index is 0.0509. The van der Waals surface area contributed by atoms with Crippen molar-refractivity contribution in [3.05, 3.63) is 24.3 Å². The van der Waals surface area contributed by atoms with E-state index in [-0.39, 0.29) is 5.91 Å². The molecule has 2 heterocycles. The monoisotopic (exact) mass is 374 g/mol. The molecule has 0 radical (unpaired) electrons. The van der Waals surface area contributed by atoms with Crippen LogP contribution in [0.5, 0.6) is 0 Å². The molecule has 2 fully saturated rings. The van der Waals surface area contributed by atoms with Gasteiger partial charge in [0.05, 0.1) is 0 Å². The van der Waals surface area contributed by atoms with E-state index < -0.39 is 6.09 Å². The molecule has 3 rings (SSSR count). The summed E-state index contributed by atoms with van der Waals surface area (Å²) in [5, 5.41) is 11.8. The van der Waals surface area contributed by atoms with Crippen LogP contribution >= 0.6 is 0 Å². The molecule has 0 atom stereocenters. The molecule has 2 aliphatic rings. The van der Waals surface area contributed by atoms with Gasteiger partial charge in [-0.1, -0.05) is 0 Å². The van der Waals surface area contributed by atoms with Crippen LogP contribution in [0.25, 0.3) is 0 Å². The van der Waals surface area contributed by atoms with Gasteiger partial charge < -0.3 is 20.2 Å². The molecule has 7 nitrogen and oxygen atoms in total. The fraction of sp³-hybridized carbons (Fsp3) is 0.600. The van der Waals surface area contributed by atoms with Crippen molar-refractivity contribution in [2.45, 2.75) is 26.2 Å². The van der Waals surface area contributed by atoms with Crippen LogP contribution in [0.3, 0.4) is 0 Å². The Morgan fingerprint density at radius 2 is 1.67 bits per heavy atom. The smallest absolute Gasteiger partial charge is 0.407 e. The summed E-state index contributed by atoms with van der Waals surface area (Å²) in [6.45, 7) is 8.12. The number of carboxylic acid groups (broad SMARTS) is 1. The van der Waals surface area contributed by atoms with E-state index in [1.54, 1.807) is 0 Å². The quantitative estimate of drug-likeness (QED) is 0.828. The number of carbonyl (C=O) groups excluding carboxylic acids is 1. The van der Waals surface area contributed by atoms with Gasteiger partial charge in [-0.3, -0.25) is 9.69 Å². The molecule has 2 amide bonds. The Morgan fingerprint density at radius 1 is 1.04 bits per heavy atom. The van der Waals surface area contributed by atoms with Crippen molar-refractivity contribution in [1.29, 1.82) is 0 Å². The van der Waals surface area contributed by atoms with Gasteiger partial charge in [0.15, 0.2) is 0 Å². The minimum Gasteiger partial charge on any atom is -0.465 e. The third-order valence-electron chi connectivity index (χ3n) is 5.66. The van der Waals surface area contributed by atoms with E-state index in [9.17, 15) is 9.59 Å². The van der Waals surface area contributed by atoms with Gasteiger partial charge in [-0.15, -0.1) is 0 Å². The third-order valence-corrected chi connectivity index (χ3v) is 5.66. The first-order chi connectivity index (χ1) is 13.0. The van der Waals surface area contributed by atoms with Crippen LogP contribution in [0, 0.1) is 5.92 Å². The Kier molecular flexibility index (Phi) is 6.55. The van der Waals surface area contributed by atoms with Gasteiger partial charge >= 0.3 is 6.09 Å². The van der Waals surface area contributed by atoms with Crippen LogP contribution < -0.4 is 10.2 Å². The highest BCUT2D eigenvalue weighted by Crippen LogP contribution is 2.23. The zero-order valence-corrected chi connectivity index (χ0v) is 16.1. The Morgan fingerprint density at radius 3 is 2.22 bits per heavy atom. The first kappa shape index (κ1) is 19.5. The van der Waals surface area contributed by atoms with Gasteiger partial charge in [0.1, 0.15) is 0 Å². The topological polar surface area (TPSA) is 76.1 Å². The summed E-state index contributed by atoms with van der Waals surface area (Å²) in [7, 11) is 0. The molecule has 1 aromatic rings. The highest BCUT2D eigenvalue weighted by Gasteiger charge is 2.23. The molecule has 148 valence electrons. The maximum Gasteiger partial charge on any atom is 0.407 e. The van der Waals surface area contributed by atoms with Crippen LogP contribution in [0.1, 0.15) is 26.2 Å². The molecule has 2 N–H and O–H groups in total. The Balaban J connectivity index is 1.38. The average Bonchev–Trinajstić information content (AvgIpc) is 2.67. The van der Waals surface area contributed by atoms with E-state index in [0.29, 0.717) is 19.0 Å². The minimum atomic E-state index is -0.783. The first-order valence-corrected chi connectivity index (χ1v) is 9.84. The molecule has 7 heteroatoms. The normalized spacial score (nSPS) is 19.1. The van der Waals surface area contributed by atoms with Crippen molar-refractivity contribution in [1.82, 2.24) is 9.80 Å². The summed E-state index contributed by atoms with van der Waals surface area (Å²) in [5.41, 5.74) is 2.03. The lowest BCUT2D eigenvalue weighted by Gasteiger charge is -2.37. The van der Waals surface area contributed by atoms with Crippen molar-refractivity contribution in [3.8, 4) is 0 Å². The number of hydrogen-bond acceptors (Lipinski definition) is 4. The van der Waals surface area contributed by atoms with Crippen molar-refractivity contribution >= 4 is 23.4 Å². The molecule has 27 heavy (non-hydrogen) atoms. The SMILES string of the molecule is CC(=O)Nc1ccc(N2CCN(CCC3CCN(C(=O)O)CC3)CC2)cc1. The molecule has 0 unspecified atom stereocenters. The fourth-order valence-corrected chi connectivity index (χ4v) is 3.97. The molecule has 2 aliphatic heterocycles. The average molecular weight is 374 g/mol. The number of carbonyl (C=O) groups is 2. The van der Waals surface area contributed by atoms with Gasteiger partial charge in [0.25, 0.3) is 0 Å². The van der Waals surface area contributed by atoms with E-state index >= 15 is 0 Å². The Bertz CT molecular complexity index is 633. The largest absolute Gasteiger partial charge is 0.465 e. The number of piperazine rings is 1. The van der Waals surface area contributed by atoms with Crippen molar-refractivity contribution in [2.75, 3.05) is 56.0 Å². The fourth-order valence-electron chi connectivity index (χ4n) is 3.97. The number of piperidine rings is 1. The molecule has 0 aliphatic carbocycles. The third kappa shape index (κ3) is 5.60. The lowest BCUT2D eigenvalue weighted by Crippen LogP contribution is -2.47. The van der Waals surface area contributed by atoms with Crippen LogP contribution in [0.15, 0.2) is 24.3 Å². The van der Waals surface area contributed by atoms with Crippen LogP contribution in [0.2, 0.25) is 0 Å². The second-order valence-corrected chi connectivity index (χ2v) is 7.56. The summed E-state index contributed by atoms with van der Waals surface area (Å²) >= 11 is 0. The maximum atomic E-state index is 11.1. The molecule has 0 spiro atoms. The molecular formula is C20H30N4O3. The van der Waals surface area contributed by atoms with Gasteiger partial charge in [-0.25, -0.2) is 4.79 Å². The van der Waals surface area contributed by atoms with Crippen molar-refractivity contribution in [3.63, 3.8) is 0 Å². The zero-order chi connectivity index (χ0) is 19.2. The molecule has 0 bridgehead atoms.